The van der Waals surface area contributed by atoms with Crippen LogP contribution in [0.2, 0.25) is 0 Å². The van der Waals surface area contributed by atoms with Crippen LogP contribution < -0.4 is 4.90 Å². The molecule has 0 bridgehead atoms. The quantitative estimate of drug-likeness (QED) is 0.212. The van der Waals surface area contributed by atoms with Gasteiger partial charge in [0.1, 0.15) is 11.2 Å². The van der Waals surface area contributed by atoms with Gasteiger partial charge in [0.15, 0.2) is 0 Å². The van der Waals surface area contributed by atoms with Gasteiger partial charge in [0, 0.05) is 27.5 Å². The molecule has 0 fully saturated rings. The minimum atomic E-state index is 0.896. The van der Waals surface area contributed by atoms with Gasteiger partial charge in [-0.3, -0.25) is 0 Å². The van der Waals surface area contributed by atoms with E-state index >= 15 is 0 Å². The monoisotopic (exact) mass is 525 g/mol. The van der Waals surface area contributed by atoms with Gasteiger partial charge in [-0.2, -0.15) is 0 Å². The smallest absolute Gasteiger partial charge is 0.135 e. The Morgan fingerprint density at radius 1 is 0.439 bits per heavy atom. The van der Waals surface area contributed by atoms with E-state index in [2.05, 4.69) is 145 Å². The van der Waals surface area contributed by atoms with Crippen molar-refractivity contribution in [3.63, 3.8) is 0 Å². The number of anilines is 3. The van der Waals surface area contributed by atoms with Crippen molar-refractivity contribution in [1.29, 1.82) is 0 Å². The number of hydrogen-bond acceptors (Lipinski definition) is 2. The Kier molecular flexibility index (Phi) is 5.39. The van der Waals surface area contributed by atoms with Gasteiger partial charge in [0.2, 0.25) is 0 Å². The highest BCUT2D eigenvalue weighted by atomic mass is 16.3. The van der Waals surface area contributed by atoms with E-state index in [-0.39, 0.29) is 0 Å². The predicted molar refractivity (Wildman–Crippen MR) is 174 cm³/mol. The number of para-hydroxylation sites is 1. The SMILES string of the molecule is Cc1cccc(-c2ccc(N(c3ccc4oc5ccccc5c4c3)c3cc4ccccc4c4ccccc34)cc2)c1. The Morgan fingerprint density at radius 2 is 1.12 bits per heavy atom. The Bertz CT molecular complexity index is 2220. The van der Waals surface area contributed by atoms with Gasteiger partial charge < -0.3 is 9.32 Å². The summed E-state index contributed by atoms with van der Waals surface area (Å²) in [5.74, 6) is 0. The van der Waals surface area contributed by atoms with Crippen LogP contribution in [0, 0.1) is 6.92 Å². The van der Waals surface area contributed by atoms with Gasteiger partial charge in [-0.1, -0.05) is 109 Å². The van der Waals surface area contributed by atoms with E-state index in [0.717, 1.165) is 39.0 Å². The molecule has 0 aliphatic rings. The molecule has 1 heterocycles. The van der Waals surface area contributed by atoms with Crippen molar-refractivity contribution in [2.24, 2.45) is 0 Å². The van der Waals surface area contributed by atoms with E-state index in [0.29, 0.717) is 0 Å². The third-order valence-electron chi connectivity index (χ3n) is 8.08. The topological polar surface area (TPSA) is 16.4 Å². The first-order valence-corrected chi connectivity index (χ1v) is 14.0. The lowest BCUT2D eigenvalue weighted by Crippen LogP contribution is -2.10. The lowest BCUT2D eigenvalue weighted by atomic mass is 9.98. The second kappa shape index (κ2) is 9.39. The van der Waals surface area contributed by atoms with Crippen LogP contribution in [0.3, 0.4) is 0 Å². The van der Waals surface area contributed by atoms with Gasteiger partial charge in [-0.25, -0.2) is 0 Å². The summed E-state index contributed by atoms with van der Waals surface area (Å²) in [5.41, 5.74) is 8.84. The fourth-order valence-corrected chi connectivity index (χ4v) is 6.13. The maximum atomic E-state index is 6.18. The molecular formula is C39H27NO. The van der Waals surface area contributed by atoms with Gasteiger partial charge in [0.25, 0.3) is 0 Å². The van der Waals surface area contributed by atoms with E-state index in [9.17, 15) is 0 Å². The number of hydrogen-bond donors (Lipinski definition) is 0. The van der Waals surface area contributed by atoms with Crippen LogP contribution >= 0.6 is 0 Å². The third kappa shape index (κ3) is 3.96. The predicted octanol–water partition coefficient (Wildman–Crippen LogP) is 11.3. The molecule has 1 aromatic heterocycles. The van der Waals surface area contributed by atoms with Gasteiger partial charge in [-0.05, 0) is 76.7 Å². The summed E-state index contributed by atoms with van der Waals surface area (Å²) in [6.07, 6.45) is 0. The first-order chi connectivity index (χ1) is 20.2. The zero-order chi connectivity index (χ0) is 27.3. The minimum absolute atomic E-state index is 0.896. The molecule has 8 aromatic rings. The van der Waals surface area contributed by atoms with Gasteiger partial charge in [0.05, 0.1) is 5.69 Å². The van der Waals surface area contributed by atoms with E-state index in [4.69, 9.17) is 4.42 Å². The number of aryl methyl sites for hydroxylation is 1. The van der Waals surface area contributed by atoms with Crippen LogP contribution in [0.15, 0.2) is 150 Å². The zero-order valence-electron chi connectivity index (χ0n) is 22.7. The zero-order valence-corrected chi connectivity index (χ0v) is 22.7. The van der Waals surface area contributed by atoms with Crippen LogP contribution in [0.1, 0.15) is 5.56 Å². The first kappa shape index (κ1) is 23.5. The maximum absolute atomic E-state index is 6.18. The molecule has 0 unspecified atom stereocenters. The summed E-state index contributed by atoms with van der Waals surface area (Å²) in [4.78, 5) is 2.38. The fraction of sp³-hybridized carbons (Fsp3) is 0.0256. The molecule has 2 heteroatoms. The number of rotatable bonds is 4. The summed E-state index contributed by atoms with van der Waals surface area (Å²) in [6, 6.07) is 52.1. The van der Waals surface area contributed by atoms with Crippen LogP contribution in [-0.4, -0.2) is 0 Å². The summed E-state index contributed by atoms with van der Waals surface area (Å²) in [5, 5.41) is 7.19. The summed E-state index contributed by atoms with van der Waals surface area (Å²) < 4.78 is 6.18. The van der Waals surface area contributed by atoms with E-state index < -0.39 is 0 Å². The van der Waals surface area contributed by atoms with Crippen molar-refractivity contribution < 1.29 is 4.42 Å². The number of benzene rings is 7. The average Bonchev–Trinajstić information content (AvgIpc) is 3.40. The van der Waals surface area contributed by atoms with Gasteiger partial charge in [-0.15, -0.1) is 0 Å². The molecule has 0 amide bonds. The molecule has 0 radical (unpaired) electrons. The van der Waals surface area contributed by atoms with Crippen LogP contribution in [0.4, 0.5) is 17.1 Å². The molecule has 0 atom stereocenters. The highest BCUT2D eigenvalue weighted by Crippen LogP contribution is 2.43. The molecule has 0 saturated heterocycles. The lowest BCUT2D eigenvalue weighted by Gasteiger charge is -2.28. The van der Waals surface area contributed by atoms with Crippen molar-refractivity contribution in [1.82, 2.24) is 0 Å². The molecule has 0 aliphatic heterocycles. The molecule has 0 saturated carbocycles. The molecular weight excluding hydrogens is 498 g/mol. The molecule has 41 heavy (non-hydrogen) atoms. The third-order valence-corrected chi connectivity index (χ3v) is 8.08. The Hall–Kier alpha value is -5.34. The second-order valence-corrected chi connectivity index (χ2v) is 10.7. The van der Waals surface area contributed by atoms with E-state index in [1.54, 1.807) is 0 Å². The highest BCUT2D eigenvalue weighted by Gasteiger charge is 2.19. The molecule has 0 spiro atoms. The maximum Gasteiger partial charge on any atom is 0.135 e. The first-order valence-electron chi connectivity index (χ1n) is 14.0. The van der Waals surface area contributed by atoms with Crippen molar-refractivity contribution in [2.75, 3.05) is 4.90 Å². The molecule has 0 N–H and O–H groups in total. The summed E-state index contributed by atoms with van der Waals surface area (Å²) in [6.45, 7) is 2.14. The van der Waals surface area contributed by atoms with E-state index in [1.165, 1.54) is 38.2 Å². The highest BCUT2D eigenvalue weighted by molar-refractivity contribution is 6.15. The van der Waals surface area contributed by atoms with Crippen molar-refractivity contribution in [2.45, 2.75) is 6.92 Å². The number of fused-ring (bicyclic) bond motifs is 6. The summed E-state index contributed by atoms with van der Waals surface area (Å²) in [7, 11) is 0. The second-order valence-electron chi connectivity index (χ2n) is 10.7. The Balaban J connectivity index is 1.38. The molecule has 194 valence electrons. The molecule has 7 aromatic carbocycles. The molecule has 8 rings (SSSR count). The van der Waals surface area contributed by atoms with Crippen molar-refractivity contribution in [3.8, 4) is 11.1 Å². The lowest BCUT2D eigenvalue weighted by molar-refractivity contribution is 0.669. The molecule has 0 aliphatic carbocycles. The standard InChI is InChI=1S/C39H27NO/c1-26-9-8-11-28(23-26)27-17-19-30(20-18-27)40(31-21-22-39-36(25-31)35-15-6-7-16-38(35)41-39)37-24-29-10-2-3-12-32(29)33-13-4-5-14-34(33)37/h2-25H,1H3. The number of furan rings is 1. The largest absolute Gasteiger partial charge is 0.456 e. The Labute approximate surface area is 238 Å². The normalized spacial score (nSPS) is 11.5. The summed E-state index contributed by atoms with van der Waals surface area (Å²) >= 11 is 0. The number of nitrogens with zero attached hydrogens (tertiary/aromatic N) is 1. The van der Waals surface area contributed by atoms with Crippen molar-refractivity contribution >= 4 is 60.5 Å². The van der Waals surface area contributed by atoms with Crippen molar-refractivity contribution in [3.05, 3.63) is 151 Å². The van der Waals surface area contributed by atoms with Crippen LogP contribution in [0.5, 0.6) is 0 Å². The van der Waals surface area contributed by atoms with E-state index in [1.807, 2.05) is 12.1 Å². The van der Waals surface area contributed by atoms with Crippen LogP contribution in [-0.2, 0) is 0 Å². The van der Waals surface area contributed by atoms with Gasteiger partial charge >= 0.3 is 0 Å². The minimum Gasteiger partial charge on any atom is -0.456 e. The Morgan fingerprint density at radius 3 is 1.95 bits per heavy atom. The fourth-order valence-electron chi connectivity index (χ4n) is 6.13. The molecule has 2 nitrogen and oxygen atoms in total. The average molecular weight is 526 g/mol. The van der Waals surface area contributed by atoms with Crippen LogP contribution in [0.25, 0.3) is 54.6 Å².